The first-order valence-corrected chi connectivity index (χ1v) is 11.4. The summed E-state index contributed by atoms with van der Waals surface area (Å²) in [6, 6.07) is 3.86. The zero-order valence-corrected chi connectivity index (χ0v) is 19.6. The molecule has 12 nitrogen and oxygen atoms in total. The lowest BCUT2D eigenvalue weighted by Crippen LogP contribution is -2.56. The molecule has 3 amide bonds. The Balaban J connectivity index is 2.09. The third-order valence-electron chi connectivity index (χ3n) is 5.53. The lowest BCUT2D eigenvalue weighted by molar-refractivity contribution is -0.145. The number of unbranched alkanes of at least 4 members (excludes halogenated alkanes) is 1. The van der Waals surface area contributed by atoms with Crippen molar-refractivity contribution in [3.05, 3.63) is 36.0 Å². The minimum Gasteiger partial charge on any atom is -0.480 e. The predicted octanol–water partition coefficient (Wildman–Crippen LogP) is -1.28. The van der Waals surface area contributed by atoms with Crippen molar-refractivity contribution in [2.45, 2.75) is 56.8 Å². The van der Waals surface area contributed by atoms with Crippen molar-refractivity contribution in [2.24, 2.45) is 11.5 Å². The van der Waals surface area contributed by atoms with Crippen LogP contribution in [0.25, 0.3) is 10.9 Å². The average molecular weight is 491 g/mol. The molecule has 0 bridgehead atoms. The van der Waals surface area contributed by atoms with Crippen molar-refractivity contribution in [2.75, 3.05) is 13.1 Å². The van der Waals surface area contributed by atoms with Crippen molar-refractivity contribution in [3.8, 4) is 0 Å². The first kappa shape index (κ1) is 27.8. The van der Waals surface area contributed by atoms with Gasteiger partial charge in [0.2, 0.25) is 17.7 Å². The number of fused-ring (bicyclic) bond motifs is 1. The molecular weight excluding hydrogens is 456 g/mol. The van der Waals surface area contributed by atoms with Crippen LogP contribution in [0, 0.1) is 0 Å². The molecule has 0 aliphatic carbocycles. The Labute approximate surface area is 202 Å². The maximum atomic E-state index is 12.9. The van der Waals surface area contributed by atoms with Gasteiger partial charge in [0, 0.05) is 23.5 Å². The van der Waals surface area contributed by atoms with Crippen LogP contribution in [0.3, 0.4) is 0 Å². The maximum Gasteiger partial charge on any atom is 0.328 e. The lowest BCUT2D eigenvalue weighted by atomic mass is 10.0. The number of carboxylic acids is 1. The van der Waals surface area contributed by atoms with E-state index in [-0.39, 0.29) is 6.42 Å². The van der Waals surface area contributed by atoms with Crippen LogP contribution < -0.4 is 27.4 Å². The Morgan fingerprint density at radius 2 is 1.80 bits per heavy atom. The van der Waals surface area contributed by atoms with E-state index in [0.717, 1.165) is 22.9 Å². The molecule has 0 radical (unpaired) electrons. The van der Waals surface area contributed by atoms with Crippen molar-refractivity contribution in [1.82, 2.24) is 20.9 Å². The molecule has 0 aliphatic rings. The average Bonchev–Trinajstić information content (AvgIpc) is 3.22. The van der Waals surface area contributed by atoms with Crippen molar-refractivity contribution >= 4 is 34.6 Å². The summed E-state index contributed by atoms with van der Waals surface area (Å²) >= 11 is 0. The van der Waals surface area contributed by atoms with Gasteiger partial charge in [0.15, 0.2) is 6.04 Å². The number of nitrogens with two attached hydrogens (primary N) is 2. The minimum atomic E-state index is -1.56. The number of aliphatic hydroxyl groups excluding tert-OH is 1. The van der Waals surface area contributed by atoms with Crippen LogP contribution in [0.15, 0.2) is 30.5 Å². The zero-order chi connectivity index (χ0) is 26.0. The van der Waals surface area contributed by atoms with Gasteiger partial charge in [0.05, 0.1) is 18.7 Å². The summed E-state index contributed by atoms with van der Waals surface area (Å²) in [6.45, 7) is 1.31. The Hall–Kier alpha value is -3.48. The number of carbonyl (C=O) groups is 4. The number of hydrogen-bond acceptors (Lipinski definition) is 7. The zero-order valence-electron chi connectivity index (χ0n) is 19.6. The monoisotopic (exact) mass is 490 g/mol. The third kappa shape index (κ3) is 8.35. The first-order valence-electron chi connectivity index (χ1n) is 11.4. The summed E-state index contributed by atoms with van der Waals surface area (Å²) in [5.41, 5.74) is 12.8. The second-order valence-corrected chi connectivity index (χ2v) is 8.36. The standard InChI is InChI=1S/C23H34N6O6/c1-13(30)20(23(34)35)29-22(33)18(10-14-11-26-17-8-3-2-6-15(14)17)28-19(31)12-27-21(32)16(25)7-4-5-9-24/h2-3,6,8,11,13,16,18,20,26,30H,4-5,7,9-10,12,24-25H2,1H3,(H,27,32)(H,28,31)(H,29,33)(H,34,35). The molecule has 12 heteroatoms. The number of aliphatic hydroxyl groups is 1. The Bertz CT molecular complexity index is 1020. The predicted molar refractivity (Wildman–Crippen MR) is 129 cm³/mol. The molecule has 10 N–H and O–H groups in total. The molecule has 1 heterocycles. The van der Waals surface area contributed by atoms with E-state index in [1.54, 1.807) is 6.20 Å². The topological polar surface area (TPSA) is 213 Å². The highest BCUT2D eigenvalue weighted by Gasteiger charge is 2.30. The minimum absolute atomic E-state index is 0.0419. The Kier molecular flexibility index (Phi) is 10.6. The quantitative estimate of drug-likeness (QED) is 0.149. The normalized spacial score (nSPS) is 14.5. The number of aromatic nitrogens is 1. The van der Waals surface area contributed by atoms with Crippen LogP contribution in [-0.4, -0.2) is 76.2 Å². The highest BCUT2D eigenvalue weighted by Crippen LogP contribution is 2.19. The number of nitrogens with one attached hydrogen (secondary N) is 4. The van der Waals surface area contributed by atoms with E-state index in [1.807, 2.05) is 24.3 Å². The maximum absolute atomic E-state index is 12.9. The summed E-state index contributed by atoms with van der Waals surface area (Å²) in [5, 5.41) is 27.1. The molecule has 0 aliphatic heterocycles. The fourth-order valence-corrected chi connectivity index (χ4v) is 3.56. The molecule has 1 aromatic carbocycles. The summed E-state index contributed by atoms with van der Waals surface area (Å²) in [6.07, 6.45) is 2.21. The summed E-state index contributed by atoms with van der Waals surface area (Å²) in [4.78, 5) is 52.1. The number of amides is 3. The highest BCUT2D eigenvalue weighted by atomic mass is 16.4. The third-order valence-corrected chi connectivity index (χ3v) is 5.53. The molecule has 4 atom stereocenters. The number of rotatable bonds is 14. The van der Waals surface area contributed by atoms with E-state index in [2.05, 4.69) is 20.9 Å². The molecule has 0 saturated carbocycles. The van der Waals surface area contributed by atoms with Gasteiger partial charge in [-0.1, -0.05) is 24.6 Å². The van der Waals surface area contributed by atoms with Gasteiger partial charge in [0.1, 0.15) is 6.04 Å². The second kappa shape index (κ2) is 13.4. The number of aliphatic carboxylic acids is 1. The van der Waals surface area contributed by atoms with Crippen LogP contribution in [0.4, 0.5) is 0 Å². The fourth-order valence-electron chi connectivity index (χ4n) is 3.56. The number of aromatic amines is 1. The highest BCUT2D eigenvalue weighted by molar-refractivity contribution is 5.93. The van der Waals surface area contributed by atoms with Gasteiger partial charge < -0.3 is 42.6 Å². The molecule has 0 spiro atoms. The smallest absolute Gasteiger partial charge is 0.328 e. The number of carbonyl (C=O) groups excluding carboxylic acids is 3. The Morgan fingerprint density at radius 3 is 2.46 bits per heavy atom. The molecule has 0 fully saturated rings. The largest absolute Gasteiger partial charge is 0.480 e. The van der Waals surface area contributed by atoms with Gasteiger partial charge >= 0.3 is 5.97 Å². The number of hydrogen-bond donors (Lipinski definition) is 8. The van der Waals surface area contributed by atoms with Crippen LogP contribution >= 0.6 is 0 Å². The van der Waals surface area contributed by atoms with Gasteiger partial charge in [0.25, 0.3) is 0 Å². The fraction of sp³-hybridized carbons (Fsp3) is 0.478. The van der Waals surface area contributed by atoms with E-state index in [0.29, 0.717) is 19.4 Å². The SMILES string of the molecule is CC(O)C(NC(=O)C(Cc1c[nH]c2ccccc12)NC(=O)CNC(=O)C(N)CCCCN)C(=O)O. The van der Waals surface area contributed by atoms with Gasteiger partial charge in [-0.3, -0.25) is 14.4 Å². The van der Waals surface area contributed by atoms with Crippen LogP contribution in [0.1, 0.15) is 31.7 Å². The van der Waals surface area contributed by atoms with E-state index in [9.17, 15) is 29.4 Å². The van der Waals surface area contributed by atoms with Crippen LogP contribution in [-0.2, 0) is 25.6 Å². The van der Waals surface area contributed by atoms with Crippen LogP contribution in [0.5, 0.6) is 0 Å². The van der Waals surface area contributed by atoms with Gasteiger partial charge in [-0.2, -0.15) is 0 Å². The molecule has 192 valence electrons. The van der Waals surface area contributed by atoms with E-state index in [1.165, 1.54) is 6.92 Å². The summed E-state index contributed by atoms with van der Waals surface area (Å²) in [5.74, 6) is -3.37. The lowest BCUT2D eigenvalue weighted by Gasteiger charge is -2.23. The van der Waals surface area contributed by atoms with Gasteiger partial charge in [-0.05, 0) is 37.9 Å². The second-order valence-electron chi connectivity index (χ2n) is 8.36. The van der Waals surface area contributed by atoms with Crippen LogP contribution in [0.2, 0.25) is 0 Å². The molecule has 0 saturated heterocycles. The molecular formula is C23H34N6O6. The molecule has 2 rings (SSSR count). The van der Waals surface area contributed by atoms with Gasteiger partial charge in [-0.15, -0.1) is 0 Å². The number of carboxylic acid groups (broad SMARTS) is 1. The summed E-state index contributed by atoms with van der Waals surface area (Å²) < 4.78 is 0. The van der Waals surface area contributed by atoms with E-state index < -0.39 is 54.5 Å². The molecule has 2 aromatic rings. The molecule has 1 aromatic heterocycles. The van der Waals surface area contributed by atoms with Crippen molar-refractivity contribution < 1.29 is 29.4 Å². The number of benzene rings is 1. The first-order chi connectivity index (χ1) is 16.6. The molecule has 35 heavy (non-hydrogen) atoms. The number of H-pyrrole nitrogens is 1. The summed E-state index contributed by atoms with van der Waals surface area (Å²) in [7, 11) is 0. The molecule has 4 unspecified atom stereocenters. The van der Waals surface area contributed by atoms with E-state index in [4.69, 9.17) is 11.5 Å². The van der Waals surface area contributed by atoms with Crippen molar-refractivity contribution in [1.29, 1.82) is 0 Å². The van der Waals surface area contributed by atoms with Gasteiger partial charge in [-0.25, -0.2) is 4.79 Å². The van der Waals surface area contributed by atoms with E-state index >= 15 is 0 Å². The van der Waals surface area contributed by atoms with Crippen molar-refractivity contribution in [3.63, 3.8) is 0 Å². The Morgan fingerprint density at radius 1 is 1.09 bits per heavy atom. The number of para-hydroxylation sites is 1.